The molecule has 0 bridgehead atoms. The summed E-state index contributed by atoms with van der Waals surface area (Å²) in [6.45, 7) is 7.94. The van der Waals surface area contributed by atoms with Crippen molar-refractivity contribution in [2.45, 2.75) is 58.7 Å². The number of amides is 1. The van der Waals surface area contributed by atoms with Crippen LogP contribution in [-0.2, 0) is 23.9 Å². The molecule has 1 aliphatic heterocycles. The largest absolute Gasteiger partial charge is 0.469 e. The summed E-state index contributed by atoms with van der Waals surface area (Å²) >= 11 is 0. The average Bonchev–Trinajstić information content (AvgIpc) is 3.73. The summed E-state index contributed by atoms with van der Waals surface area (Å²) in [6, 6.07) is 9.28. The van der Waals surface area contributed by atoms with E-state index in [4.69, 9.17) is 13.9 Å². The van der Waals surface area contributed by atoms with Crippen LogP contribution in [0.2, 0.25) is 0 Å². The lowest BCUT2D eigenvalue weighted by Gasteiger charge is -2.59. The molecule has 5 aliphatic rings. The number of carbonyl (C=O) groups is 4. The molecule has 1 amide bonds. The molecule has 2 saturated carbocycles. The molecule has 4 aliphatic carbocycles. The quantitative estimate of drug-likeness (QED) is 0.396. The van der Waals surface area contributed by atoms with Gasteiger partial charge in [0.25, 0.3) is 5.91 Å². The number of allylic oxidation sites excluding steroid dienone is 3. The van der Waals surface area contributed by atoms with Crippen LogP contribution in [0.25, 0.3) is 11.3 Å². The van der Waals surface area contributed by atoms with E-state index >= 15 is 0 Å². The van der Waals surface area contributed by atoms with Crippen molar-refractivity contribution in [1.82, 2.24) is 5.32 Å². The molecule has 0 radical (unpaired) electrons. The first-order valence-electron chi connectivity index (χ1n) is 15.0. The number of ether oxygens (including phenoxy) is 2. The molecule has 2 heterocycles. The van der Waals surface area contributed by atoms with E-state index in [1.54, 1.807) is 31.5 Å². The van der Waals surface area contributed by atoms with Gasteiger partial charge in [0, 0.05) is 52.3 Å². The van der Waals surface area contributed by atoms with Crippen LogP contribution < -0.4 is 5.32 Å². The summed E-state index contributed by atoms with van der Waals surface area (Å²) in [5, 5.41) is 2.64. The fraction of sp³-hybridized carbons (Fsp3) is 0.486. The highest BCUT2D eigenvalue weighted by Crippen LogP contribution is 2.73. The van der Waals surface area contributed by atoms with E-state index in [0.29, 0.717) is 18.4 Å². The number of rotatable bonds is 4. The minimum atomic E-state index is -1.12. The minimum absolute atomic E-state index is 0.0357. The zero-order valence-corrected chi connectivity index (χ0v) is 25.4. The number of hydrogen-bond donors (Lipinski definition) is 1. The molecule has 2 aromatic rings. The van der Waals surface area contributed by atoms with Gasteiger partial charge in [0.15, 0.2) is 5.78 Å². The number of Topliss-reactive ketones (excluding diaryl/α,β-unsaturated/α-hetero) is 1. The maximum Gasteiger partial charge on any atom is 0.310 e. The first-order chi connectivity index (χ1) is 20.4. The van der Waals surface area contributed by atoms with Crippen LogP contribution in [0.1, 0.15) is 62.4 Å². The molecule has 8 nitrogen and oxygen atoms in total. The number of fused-ring (bicyclic) bond motifs is 4. The summed E-state index contributed by atoms with van der Waals surface area (Å²) in [5.41, 5.74) is 1.79. The highest BCUT2D eigenvalue weighted by Gasteiger charge is 2.77. The highest BCUT2D eigenvalue weighted by atomic mass is 16.5. The number of nitrogens with one attached hydrogen (secondary N) is 1. The number of furan rings is 1. The standard InChI is InChI=1S/C35H37NO7/c1-17-21(20-12-14-42-27(20)18-7-9-19(10-8-18)31(39)36-5)15-23-26(17)35(4)29(32(40)41-6)34(3)24(37)11-13-33(2)25(38)16-22(28(33)34)30(35)43-23/h7-14,21-23,28-30H,15-16H2,1-6H3,(H,36,39)/t21?,22-,23-,28+,29-,30-,33+,34+,35+/m0/s1. The van der Waals surface area contributed by atoms with Crippen molar-refractivity contribution < 1.29 is 33.1 Å². The Morgan fingerprint density at radius 3 is 2.44 bits per heavy atom. The van der Waals surface area contributed by atoms with Crippen molar-refractivity contribution in [1.29, 1.82) is 0 Å². The SMILES string of the molecule is CNC(=O)c1ccc(-c2occc2C2C[C@@H]3O[C@H]4[C@H]5CC(=O)[C@@]6(C)C=CC(=O)[C@@](C)([C@H](C(=O)OC)[C@@]4(C)C3=C2C)[C@H]56)cc1. The van der Waals surface area contributed by atoms with Gasteiger partial charge in [-0.15, -0.1) is 0 Å². The van der Waals surface area contributed by atoms with Crippen LogP contribution >= 0.6 is 0 Å². The fourth-order valence-electron chi connectivity index (χ4n) is 10.1. The van der Waals surface area contributed by atoms with Crippen LogP contribution in [0.4, 0.5) is 0 Å². The van der Waals surface area contributed by atoms with E-state index in [1.165, 1.54) is 13.2 Å². The number of carbonyl (C=O) groups excluding carboxylic acids is 4. The lowest BCUT2D eigenvalue weighted by atomic mass is 9.41. The Bertz CT molecular complexity index is 1650. The molecule has 9 atom stereocenters. The third-order valence-electron chi connectivity index (χ3n) is 11.8. The second kappa shape index (κ2) is 9.11. The summed E-state index contributed by atoms with van der Waals surface area (Å²) < 4.78 is 18.4. The molecule has 8 heteroatoms. The van der Waals surface area contributed by atoms with Crippen molar-refractivity contribution in [2.75, 3.05) is 14.2 Å². The molecular weight excluding hydrogens is 546 g/mol. The Balaban J connectivity index is 1.35. The van der Waals surface area contributed by atoms with Gasteiger partial charge >= 0.3 is 5.97 Å². The minimum Gasteiger partial charge on any atom is -0.469 e. The van der Waals surface area contributed by atoms with Gasteiger partial charge in [0.2, 0.25) is 0 Å². The lowest BCUT2D eigenvalue weighted by Crippen LogP contribution is -2.66. The molecular formula is C35H37NO7. The van der Waals surface area contributed by atoms with E-state index in [1.807, 2.05) is 32.0 Å². The van der Waals surface area contributed by atoms with E-state index in [0.717, 1.165) is 28.0 Å². The zero-order chi connectivity index (χ0) is 30.6. The van der Waals surface area contributed by atoms with Gasteiger partial charge in [-0.25, -0.2) is 0 Å². The summed E-state index contributed by atoms with van der Waals surface area (Å²) in [4.78, 5) is 53.4. The third kappa shape index (κ3) is 3.36. The average molecular weight is 584 g/mol. The molecule has 3 fully saturated rings. The number of ketones is 2. The second-order valence-corrected chi connectivity index (χ2v) is 13.6. The Labute approximate surface area is 250 Å². The molecule has 224 valence electrons. The van der Waals surface area contributed by atoms with Crippen molar-refractivity contribution >= 4 is 23.4 Å². The maximum absolute atomic E-state index is 13.9. The fourth-order valence-corrected chi connectivity index (χ4v) is 10.1. The second-order valence-electron chi connectivity index (χ2n) is 13.6. The molecule has 1 aromatic carbocycles. The summed E-state index contributed by atoms with van der Waals surface area (Å²) in [7, 11) is 2.97. The predicted octanol–water partition coefficient (Wildman–Crippen LogP) is 5.04. The normalized spacial score (nSPS) is 39.0. The van der Waals surface area contributed by atoms with Crippen molar-refractivity contribution in [3.63, 3.8) is 0 Å². The smallest absolute Gasteiger partial charge is 0.310 e. The van der Waals surface area contributed by atoms with Crippen LogP contribution in [0.5, 0.6) is 0 Å². The topological polar surface area (TPSA) is 112 Å². The van der Waals surface area contributed by atoms with Gasteiger partial charge in [-0.3, -0.25) is 19.2 Å². The van der Waals surface area contributed by atoms with E-state index in [2.05, 4.69) is 19.2 Å². The predicted molar refractivity (Wildman–Crippen MR) is 157 cm³/mol. The molecule has 1 N–H and O–H groups in total. The molecule has 1 saturated heterocycles. The van der Waals surface area contributed by atoms with Crippen LogP contribution in [0, 0.1) is 34.0 Å². The number of esters is 1. The van der Waals surface area contributed by atoms with Gasteiger partial charge in [0.05, 0.1) is 31.5 Å². The van der Waals surface area contributed by atoms with Gasteiger partial charge in [-0.2, -0.15) is 0 Å². The van der Waals surface area contributed by atoms with Crippen molar-refractivity contribution in [2.24, 2.45) is 34.0 Å². The van der Waals surface area contributed by atoms with Crippen molar-refractivity contribution in [3.05, 3.63) is 71.0 Å². The van der Waals surface area contributed by atoms with Gasteiger partial charge in [-0.1, -0.05) is 37.6 Å². The Morgan fingerprint density at radius 2 is 1.77 bits per heavy atom. The van der Waals surface area contributed by atoms with Gasteiger partial charge in [-0.05, 0) is 62.0 Å². The first-order valence-corrected chi connectivity index (χ1v) is 15.0. The van der Waals surface area contributed by atoms with Crippen molar-refractivity contribution in [3.8, 4) is 11.3 Å². The van der Waals surface area contributed by atoms with Crippen LogP contribution in [-0.4, -0.2) is 49.8 Å². The summed E-state index contributed by atoms with van der Waals surface area (Å²) in [5.74, 6) is -1.28. The Morgan fingerprint density at radius 1 is 1.05 bits per heavy atom. The molecule has 1 unspecified atom stereocenters. The van der Waals surface area contributed by atoms with Crippen LogP contribution in [0.15, 0.2) is 64.3 Å². The molecule has 43 heavy (non-hydrogen) atoms. The van der Waals surface area contributed by atoms with E-state index in [9.17, 15) is 19.2 Å². The first kappa shape index (κ1) is 28.0. The number of benzene rings is 1. The van der Waals surface area contributed by atoms with E-state index in [-0.39, 0.29) is 41.3 Å². The molecule has 1 aromatic heterocycles. The Kier molecular flexibility index (Phi) is 5.94. The van der Waals surface area contributed by atoms with Gasteiger partial charge < -0.3 is 19.2 Å². The monoisotopic (exact) mass is 583 g/mol. The number of methoxy groups -OCH3 is 1. The molecule has 7 rings (SSSR count). The number of hydrogen-bond acceptors (Lipinski definition) is 7. The maximum atomic E-state index is 13.9. The third-order valence-corrected chi connectivity index (χ3v) is 11.8. The Hall–Kier alpha value is -3.78. The zero-order valence-electron chi connectivity index (χ0n) is 25.4. The summed E-state index contributed by atoms with van der Waals surface area (Å²) in [6.07, 6.45) is 5.29. The van der Waals surface area contributed by atoms with E-state index < -0.39 is 34.2 Å². The van der Waals surface area contributed by atoms with Gasteiger partial charge in [0.1, 0.15) is 11.5 Å². The van der Waals surface area contributed by atoms with Crippen LogP contribution in [0.3, 0.4) is 0 Å². The lowest BCUT2D eigenvalue weighted by molar-refractivity contribution is -0.192. The highest BCUT2D eigenvalue weighted by molar-refractivity contribution is 6.04. The molecule has 0 spiro atoms.